The molecule has 1 N–H and O–H groups in total. The quantitative estimate of drug-likeness (QED) is 0.756. The van der Waals surface area contributed by atoms with Gasteiger partial charge in [-0.05, 0) is 20.8 Å². The van der Waals surface area contributed by atoms with Gasteiger partial charge in [-0.2, -0.15) is 0 Å². The van der Waals surface area contributed by atoms with Gasteiger partial charge in [-0.1, -0.05) is 0 Å². The second kappa shape index (κ2) is 4.46. The molecule has 0 aromatic rings. The molecule has 0 aromatic carbocycles. The van der Waals surface area contributed by atoms with Crippen LogP contribution in [0, 0.1) is 5.92 Å². The van der Waals surface area contributed by atoms with Crippen LogP contribution in [0.4, 0.5) is 0 Å². The summed E-state index contributed by atoms with van der Waals surface area (Å²) in [5, 5.41) is 10.1. The van der Waals surface area contributed by atoms with E-state index in [1.807, 2.05) is 20.8 Å². The van der Waals surface area contributed by atoms with Gasteiger partial charge in [-0.15, -0.1) is 11.8 Å². The molecule has 2 saturated heterocycles. The van der Waals surface area contributed by atoms with Crippen molar-refractivity contribution >= 4 is 11.8 Å². The van der Waals surface area contributed by atoms with E-state index < -0.39 is 11.9 Å². The Hall–Kier alpha value is 0.190. The highest BCUT2D eigenvalue weighted by molar-refractivity contribution is 8.00. The predicted octanol–water partition coefficient (Wildman–Crippen LogP) is 1.23. The standard InChI is InChI=1S/C11H20O4S/c1-10(2)14-6-8(9(12)7-15-10)11(3)13-4-5-16-11/h8-9,12H,4-7H2,1-3H3. The van der Waals surface area contributed by atoms with Crippen molar-refractivity contribution in [3.63, 3.8) is 0 Å². The van der Waals surface area contributed by atoms with E-state index in [0.717, 1.165) is 12.4 Å². The average molecular weight is 248 g/mol. The maximum Gasteiger partial charge on any atom is 0.162 e. The Morgan fingerprint density at radius 3 is 2.44 bits per heavy atom. The largest absolute Gasteiger partial charge is 0.390 e. The highest BCUT2D eigenvalue weighted by Crippen LogP contribution is 2.42. The van der Waals surface area contributed by atoms with E-state index in [1.54, 1.807) is 11.8 Å². The summed E-state index contributed by atoms with van der Waals surface area (Å²) in [4.78, 5) is -0.344. The van der Waals surface area contributed by atoms with Crippen LogP contribution in [0.2, 0.25) is 0 Å². The summed E-state index contributed by atoms with van der Waals surface area (Å²) >= 11 is 1.75. The van der Waals surface area contributed by atoms with Crippen LogP contribution in [0.15, 0.2) is 0 Å². The van der Waals surface area contributed by atoms with Crippen LogP contribution >= 0.6 is 11.8 Å². The zero-order valence-corrected chi connectivity index (χ0v) is 10.9. The van der Waals surface area contributed by atoms with Crippen molar-refractivity contribution in [1.82, 2.24) is 0 Å². The SMILES string of the molecule is CC1(C)OCC(O)C(C2(C)OCCS2)CO1. The molecule has 2 aliphatic heterocycles. The van der Waals surface area contributed by atoms with Crippen molar-refractivity contribution in [2.45, 2.75) is 37.6 Å². The smallest absolute Gasteiger partial charge is 0.162 e. The molecule has 0 bridgehead atoms. The third-order valence-corrected chi connectivity index (χ3v) is 4.58. The molecule has 0 amide bonds. The number of hydrogen-bond donors (Lipinski definition) is 1. The monoisotopic (exact) mass is 248 g/mol. The maximum absolute atomic E-state index is 10.1. The van der Waals surface area contributed by atoms with E-state index in [4.69, 9.17) is 14.2 Å². The molecule has 16 heavy (non-hydrogen) atoms. The zero-order chi connectivity index (χ0) is 11.8. The minimum absolute atomic E-state index is 0.0400. The number of aliphatic hydroxyl groups is 1. The number of aliphatic hydroxyl groups excluding tert-OH is 1. The van der Waals surface area contributed by atoms with Gasteiger partial charge >= 0.3 is 0 Å². The minimum Gasteiger partial charge on any atom is -0.390 e. The van der Waals surface area contributed by atoms with E-state index >= 15 is 0 Å². The fourth-order valence-corrected chi connectivity index (χ4v) is 3.27. The summed E-state index contributed by atoms with van der Waals surface area (Å²) in [6.45, 7) is 7.28. The molecule has 2 heterocycles. The Kier molecular flexibility index (Phi) is 3.52. The zero-order valence-electron chi connectivity index (χ0n) is 10.1. The first-order valence-electron chi connectivity index (χ1n) is 5.67. The van der Waals surface area contributed by atoms with Gasteiger partial charge in [0, 0.05) is 11.7 Å². The minimum atomic E-state index is -0.616. The Morgan fingerprint density at radius 2 is 1.81 bits per heavy atom. The van der Waals surface area contributed by atoms with Crippen molar-refractivity contribution in [2.75, 3.05) is 25.6 Å². The Bertz CT molecular complexity index is 250. The molecule has 2 rings (SSSR count). The number of thioether (sulfide) groups is 1. The van der Waals surface area contributed by atoms with Crippen LogP contribution in [0.3, 0.4) is 0 Å². The lowest BCUT2D eigenvalue weighted by Crippen LogP contribution is -2.42. The van der Waals surface area contributed by atoms with Crippen molar-refractivity contribution in [1.29, 1.82) is 0 Å². The summed E-state index contributed by atoms with van der Waals surface area (Å²) in [7, 11) is 0. The number of ether oxygens (including phenoxy) is 3. The first kappa shape index (κ1) is 12.6. The summed E-state index contributed by atoms with van der Waals surface area (Å²) in [5.41, 5.74) is 0. The Balaban J connectivity index is 2.08. The van der Waals surface area contributed by atoms with Crippen LogP contribution in [0.25, 0.3) is 0 Å². The van der Waals surface area contributed by atoms with Crippen molar-refractivity contribution in [2.24, 2.45) is 5.92 Å². The first-order valence-corrected chi connectivity index (χ1v) is 6.65. The van der Waals surface area contributed by atoms with Crippen molar-refractivity contribution in [3.05, 3.63) is 0 Å². The van der Waals surface area contributed by atoms with E-state index in [0.29, 0.717) is 13.2 Å². The molecule has 4 nitrogen and oxygen atoms in total. The van der Waals surface area contributed by atoms with Gasteiger partial charge in [0.25, 0.3) is 0 Å². The topological polar surface area (TPSA) is 47.9 Å². The van der Waals surface area contributed by atoms with E-state index in [1.165, 1.54) is 0 Å². The second-order valence-corrected chi connectivity index (χ2v) is 6.42. The fourth-order valence-electron chi connectivity index (χ4n) is 2.09. The van der Waals surface area contributed by atoms with Crippen LogP contribution in [-0.2, 0) is 14.2 Å². The summed E-state index contributed by atoms with van der Waals surface area (Å²) < 4.78 is 16.9. The lowest BCUT2D eigenvalue weighted by atomic mass is 9.97. The molecule has 0 saturated carbocycles. The molecular weight excluding hydrogens is 228 g/mol. The Morgan fingerprint density at radius 1 is 1.12 bits per heavy atom. The van der Waals surface area contributed by atoms with Crippen molar-refractivity contribution in [3.8, 4) is 0 Å². The maximum atomic E-state index is 10.1. The normalized spacial score (nSPS) is 44.2. The molecule has 0 spiro atoms. The highest BCUT2D eigenvalue weighted by atomic mass is 32.2. The molecule has 94 valence electrons. The van der Waals surface area contributed by atoms with Gasteiger partial charge < -0.3 is 19.3 Å². The number of hydrogen-bond acceptors (Lipinski definition) is 5. The summed E-state index contributed by atoms with van der Waals surface area (Å²) in [5.74, 6) is 0.320. The Labute approximate surface area is 101 Å². The average Bonchev–Trinajstić information content (AvgIpc) is 2.57. The van der Waals surface area contributed by atoms with Gasteiger partial charge in [0.15, 0.2) is 5.79 Å². The van der Waals surface area contributed by atoms with Crippen LogP contribution in [0.5, 0.6) is 0 Å². The van der Waals surface area contributed by atoms with Gasteiger partial charge in [0.1, 0.15) is 4.93 Å². The third-order valence-electron chi connectivity index (χ3n) is 3.21. The van der Waals surface area contributed by atoms with Crippen molar-refractivity contribution < 1.29 is 19.3 Å². The van der Waals surface area contributed by atoms with Gasteiger partial charge in [-0.3, -0.25) is 0 Å². The van der Waals surface area contributed by atoms with E-state index in [9.17, 15) is 5.11 Å². The highest BCUT2D eigenvalue weighted by Gasteiger charge is 2.46. The molecule has 5 heteroatoms. The van der Waals surface area contributed by atoms with Crippen LogP contribution < -0.4 is 0 Å². The molecule has 3 unspecified atom stereocenters. The fraction of sp³-hybridized carbons (Fsp3) is 1.00. The predicted molar refractivity (Wildman–Crippen MR) is 62.3 cm³/mol. The molecule has 2 aliphatic rings. The summed E-state index contributed by atoms with van der Waals surface area (Å²) in [6, 6.07) is 0. The van der Waals surface area contributed by atoms with Gasteiger partial charge in [0.2, 0.25) is 0 Å². The second-order valence-electron chi connectivity index (χ2n) is 4.91. The number of rotatable bonds is 1. The molecular formula is C11H20O4S. The molecule has 0 aromatic heterocycles. The van der Waals surface area contributed by atoms with Gasteiger partial charge in [-0.25, -0.2) is 0 Å². The molecule has 3 atom stereocenters. The molecule has 2 fully saturated rings. The summed E-state index contributed by atoms with van der Waals surface area (Å²) in [6.07, 6.45) is -0.530. The van der Waals surface area contributed by atoms with Gasteiger partial charge in [0.05, 0.1) is 25.9 Å². The van der Waals surface area contributed by atoms with Crippen LogP contribution in [-0.4, -0.2) is 47.5 Å². The first-order chi connectivity index (χ1) is 7.43. The van der Waals surface area contributed by atoms with E-state index in [2.05, 4.69) is 0 Å². The molecule has 0 aliphatic carbocycles. The lowest BCUT2D eigenvalue weighted by Gasteiger charge is -2.33. The third kappa shape index (κ3) is 2.54. The molecule has 0 radical (unpaired) electrons. The lowest BCUT2D eigenvalue weighted by molar-refractivity contribution is -0.205. The van der Waals surface area contributed by atoms with E-state index in [-0.39, 0.29) is 10.9 Å². The van der Waals surface area contributed by atoms with Crippen LogP contribution in [0.1, 0.15) is 20.8 Å².